The first-order valence-corrected chi connectivity index (χ1v) is 4.49. The summed E-state index contributed by atoms with van der Waals surface area (Å²) in [5, 5.41) is 0. The number of aromatic nitrogens is 1. The molecule has 1 nitrogen and oxygen atoms in total. The summed E-state index contributed by atoms with van der Waals surface area (Å²) in [5.74, 6) is -0.418. The number of pyridine rings is 1. The largest absolute Gasteiger partial charge is 0.228 e. The predicted molar refractivity (Wildman–Crippen MR) is 53.4 cm³/mol. The van der Waals surface area contributed by atoms with Crippen LogP contribution in [0, 0.1) is 5.95 Å². The van der Waals surface area contributed by atoms with E-state index in [-0.39, 0.29) is 0 Å². The molecular formula is C12H10FN. The summed E-state index contributed by atoms with van der Waals surface area (Å²) in [6, 6.07) is 13.3. The zero-order chi connectivity index (χ0) is 9.80. The van der Waals surface area contributed by atoms with Crippen molar-refractivity contribution in [2.45, 2.75) is 6.42 Å². The molecule has 1 aromatic heterocycles. The van der Waals surface area contributed by atoms with Gasteiger partial charge in [-0.25, -0.2) is 4.98 Å². The highest BCUT2D eigenvalue weighted by atomic mass is 19.1. The summed E-state index contributed by atoms with van der Waals surface area (Å²) in [5.41, 5.74) is 2.13. The van der Waals surface area contributed by atoms with E-state index in [1.165, 1.54) is 17.8 Å². The van der Waals surface area contributed by atoms with E-state index in [1.54, 1.807) is 0 Å². The normalized spacial score (nSPS) is 10.1. The van der Waals surface area contributed by atoms with Crippen LogP contribution < -0.4 is 0 Å². The lowest BCUT2D eigenvalue weighted by atomic mass is 10.1. The number of hydrogen-bond acceptors (Lipinski definition) is 1. The van der Waals surface area contributed by atoms with Crippen molar-refractivity contribution in [3.63, 3.8) is 0 Å². The summed E-state index contributed by atoms with van der Waals surface area (Å²) >= 11 is 0. The molecule has 0 bridgehead atoms. The molecule has 0 aliphatic rings. The second kappa shape index (κ2) is 4.01. The third-order valence-electron chi connectivity index (χ3n) is 2.04. The second-order valence-electron chi connectivity index (χ2n) is 3.15. The van der Waals surface area contributed by atoms with Crippen LogP contribution in [-0.2, 0) is 6.42 Å². The molecule has 14 heavy (non-hydrogen) atoms. The molecule has 0 amide bonds. The quantitative estimate of drug-likeness (QED) is 0.659. The number of benzene rings is 1. The summed E-state index contributed by atoms with van der Waals surface area (Å²) in [7, 11) is 0. The zero-order valence-electron chi connectivity index (χ0n) is 7.65. The highest BCUT2D eigenvalue weighted by Crippen LogP contribution is 2.08. The van der Waals surface area contributed by atoms with E-state index in [9.17, 15) is 4.39 Å². The Bertz CT molecular complexity index is 412. The molecule has 0 saturated carbocycles. The standard InChI is InChI=1S/C12H10FN/c13-12-9-11(6-7-14-12)8-10-4-2-1-3-5-10/h1-7,9H,8H2. The average Bonchev–Trinajstić information content (AvgIpc) is 2.19. The first kappa shape index (κ1) is 8.88. The smallest absolute Gasteiger partial charge is 0.213 e. The van der Waals surface area contributed by atoms with Gasteiger partial charge in [-0.1, -0.05) is 30.3 Å². The van der Waals surface area contributed by atoms with Gasteiger partial charge in [0.15, 0.2) is 0 Å². The fraction of sp³-hybridized carbons (Fsp3) is 0.0833. The Kier molecular flexibility index (Phi) is 2.54. The number of rotatable bonds is 2. The molecular weight excluding hydrogens is 177 g/mol. The van der Waals surface area contributed by atoms with Crippen LogP contribution in [0.2, 0.25) is 0 Å². The molecule has 0 spiro atoms. The lowest BCUT2D eigenvalue weighted by Gasteiger charge is -2.00. The van der Waals surface area contributed by atoms with E-state index in [2.05, 4.69) is 4.98 Å². The molecule has 2 rings (SSSR count). The van der Waals surface area contributed by atoms with Gasteiger partial charge in [0.1, 0.15) is 0 Å². The number of halogens is 1. The third-order valence-corrected chi connectivity index (χ3v) is 2.04. The summed E-state index contributed by atoms with van der Waals surface area (Å²) in [6.07, 6.45) is 2.24. The van der Waals surface area contributed by atoms with Crippen LogP contribution in [0.3, 0.4) is 0 Å². The molecule has 0 N–H and O–H groups in total. The maximum absolute atomic E-state index is 12.8. The molecule has 0 aliphatic carbocycles. The maximum Gasteiger partial charge on any atom is 0.213 e. The Morgan fingerprint density at radius 1 is 1.00 bits per heavy atom. The van der Waals surface area contributed by atoms with Gasteiger partial charge in [0.25, 0.3) is 0 Å². The Balaban J connectivity index is 2.19. The average molecular weight is 187 g/mol. The van der Waals surface area contributed by atoms with E-state index in [0.29, 0.717) is 0 Å². The SMILES string of the molecule is Fc1cc(Cc2ccccc2)ccn1. The summed E-state index contributed by atoms with van der Waals surface area (Å²) < 4.78 is 12.8. The number of nitrogens with zero attached hydrogens (tertiary/aromatic N) is 1. The van der Waals surface area contributed by atoms with Crippen molar-refractivity contribution in [2.24, 2.45) is 0 Å². The lowest BCUT2D eigenvalue weighted by Crippen LogP contribution is -1.90. The fourth-order valence-corrected chi connectivity index (χ4v) is 1.38. The maximum atomic E-state index is 12.8. The van der Waals surface area contributed by atoms with Gasteiger partial charge in [-0.3, -0.25) is 0 Å². The molecule has 0 radical (unpaired) electrons. The Morgan fingerprint density at radius 3 is 2.50 bits per heavy atom. The third kappa shape index (κ3) is 2.16. The fourth-order valence-electron chi connectivity index (χ4n) is 1.38. The van der Waals surface area contributed by atoms with E-state index in [1.807, 2.05) is 36.4 Å². The Hall–Kier alpha value is -1.70. The van der Waals surface area contributed by atoms with Gasteiger partial charge in [-0.15, -0.1) is 0 Å². The van der Waals surface area contributed by atoms with Gasteiger partial charge in [0.05, 0.1) is 0 Å². The second-order valence-corrected chi connectivity index (χ2v) is 3.15. The topological polar surface area (TPSA) is 12.9 Å². The van der Waals surface area contributed by atoms with Gasteiger partial charge in [0, 0.05) is 6.20 Å². The van der Waals surface area contributed by atoms with Crippen LogP contribution in [0.4, 0.5) is 4.39 Å². The van der Waals surface area contributed by atoms with Gasteiger partial charge in [0.2, 0.25) is 5.95 Å². The van der Waals surface area contributed by atoms with Crippen molar-refractivity contribution in [1.82, 2.24) is 4.98 Å². The van der Waals surface area contributed by atoms with E-state index >= 15 is 0 Å². The van der Waals surface area contributed by atoms with E-state index < -0.39 is 5.95 Å². The molecule has 2 heteroatoms. The minimum atomic E-state index is -0.418. The summed E-state index contributed by atoms with van der Waals surface area (Å²) in [6.45, 7) is 0. The minimum Gasteiger partial charge on any atom is -0.228 e. The van der Waals surface area contributed by atoms with Crippen molar-refractivity contribution in [3.8, 4) is 0 Å². The molecule has 1 aromatic carbocycles. The Morgan fingerprint density at radius 2 is 1.79 bits per heavy atom. The summed E-state index contributed by atoms with van der Waals surface area (Å²) in [4.78, 5) is 3.51. The molecule has 1 heterocycles. The molecule has 0 unspecified atom stereocenters. The van der Waals surface area contributed by atoms with Gasteiger partial charge in [-0.05, 0) is 29.7 Å². The van der Waals surface area contributed by atoms with E-state index in [0.717, 1.165) is 12.0 Å². The minimum absolute atomic E-state index is 0.418. The van der Waals surface area contributed by atoms with Gasteiger partial charge < -0.3 is 0 Å². The van der Waals surface area contributed by atoms with Crippen molar-refractivity contribution < 1.29 is 4.39 Å². The molecule has 70 valence electrons. The van der Waals surface area contributed by atoms with Crippen LogP contribution in [0.25, 0.3) is 0 Å². The van der Waals surface area contributed by atoms with Crippen molar-refractivity contribution in [3.05, 3.63) is 65.7 Å². The number of hydrogen-bond donors (Lipinski definition) is 0. The van der Waals surface area contributed by atoms with Crippen molar-refractivity contribution in [2.75, 3.05) is 0 Å². The molecule has 0 fully saturated rings. The van der Waals surface area contributed by atoms with Crippen molar-refractivity contribution >= 4 is 0 Å². The monoisotopic (exact) mass is 187 g/mol. The molecule has 0 atom stereocenters. The van der Waals surface area contributed by atoms with Gasteiger partial charge >= 0.3 is 0 Å². The zero-order valence-corrected chi connectivity index (χ0v) is 7.65. The molecule has 2 aromatic rings. The lowest BCUT2D eigenvalue weighted by molar-refractivity contribution is 0.582. The van der Waals surface area contributed by atoms with Gasteiger partial charge in [-0.2, -0.15) is 4.39 Å². The van der Waals surface area contributed by atoms with Crippen LogP contribution in [-0.4, -0.2) is 4.98 Å². The van der Waals surface area contributed by atoms with E-state index in [4.69, 9.17) is 0 Å². The van der Waals surface area contributed by atoms with Crippen LogP contribution in [0.1, 0.15) is 11.1 Å². The van der Waals surface area contributed by atoms with Crippen LogP contribution in [0.5, 0.6) is 0 Å². The Labute approximate surface area is 82.2 Å². The highest BCUT2D eigenvalue weighted by Gasteiger charge is 1.97. The molecule has 0 aliphatic heterocycles. The first-order chi connectivity index (χ1) is 6.84. The first-order valence-electron chi connectivity index (χ1n) is 4.49. The van der Waals surface area contributed by atoms with Crippen LogP contribution in [0.15, 0.2) is 48.7 Å². The predicted octanol–water partition coefficient (Wildman–Crippen LogP) is 2.81. The van der Waals surface area contributed by atoms with Crippen LogP contribution >= 0.6 is 0 Å². The van der Waals surface area contributed by atoms with Crippen molar-refractivity contribution in [1.29, 1.82) is 0 Å². The molecule has 0 saturated heterocycles. The highest BCUT2D eigenvalue weighted by molar-refractivity contribution is 5.24.